The number of urea groups is 1. The third-order valence-corrected chi connectivity index (χ3v) is 11.1. The fraction of sp³-hybridized carbons (Fsp3) is 0.848. The van der Waals surface area contributed by atoms with Crippen molar-refractivity contribution in [3.05, 3.63) is 0 Å². The minimum Gasteiger partial charge on any atom is -0.350 e. The van der Waals surface area contributed by atoms with E-state index in [4.69, 9.17) is 0 Å². The van der Waals surface area contributed by atoms with Gasteiger partial charge in [-0.25, -0.2) is 13.2 Å². The highest BCUT2D eigenvalue weighted by Gasteiger charge is 2.50. The number of Topliss-reactive ketones (excluding diaryl/α,β-unsaturated/α-hetero) is 1. The van der Waals surface area contributed by atoms with Gasteiger partial charge < -0.3 is 26.2 Å². The molecule has 2 aliphatic heterocycles. The van der Waals surface area contributed by atoms with Gasteiger partial charge in [-0.1, -0.05) is 75.7 Å². The Balaban J connectivity index is 2.37. The molecule has 2 aliphatic rings. The molecule has 2 saturated heterocycles. The number of hydrogen-bond acceptors (Lipinski definition) is 7. The molecule has 0 aromatic heterocycles. The highest BCUT2D eigenvalue weighted by atomic mass is 32.2. The highest BCUT2D eigenvalue weighted by Crippen LogP contribution is 2.40. The molecular weight excluding hydrogens is 624 g/mol. The van der Waals surface area contributed by atoms with Gasteiger partial charge in [0.2, 0.25) is 27.6 Å². The minimum absolute atomic E-state index is 0.0795. The number of carbonyl (C=O) groups is 5. The predicted molar refractivity (Wildman–Crippen MR) is 182 cm³/mol. The summed E-state index contributed by atoms with van der Waals surface area (Å²) in [7, 11) is -3.39. The number of rotatable bonds is 12. The molecule has 0 saturated carbocycles. The van der Waals surface area contributed by atoms with Gasteiger partial charge in [0, 0.05) is 32.2 Å². The van der Waals surface area contributed by atoms with E-state index in [0.717, 1.165) is 0 Å². The Hall–Kier alpha value is -2.74. The van der Waals surface area contributed by atoms with Crippen molar-refractivity contribution in [2.75, 3.05) is 31.9 Å². The lowest BCUT2D eigenvalue weighted by Gasteiger charge is -2.39. The molecule has 2 fully saturated rings. The quantitative estimate of drug-likeness (QED) is 0.229. The molecular formula is C33H60N6O7S. The van der Waals surface area contributed by atoms with Crippen molar-refractivity contribution in [3.8, 4) is 0 Å². The Morgan fingerprint density at radius 3 is 1.94 bits per heavy atom. The van der Waals surface area contributed by atoms with Crippen molar-refractivity contribution in [2.45, 2.75) is 126 Å². The molecule has 1 unspecified atom stereocenters. The van der Waals surface area contributed by atoms with Crippen LogP contribution in [0, 0.1) is 22.2 Å². The summed E-state index contributed by atoms with van der Waals surface area (Å²) in [4.78, 5) is 68.7. The smallest absolute Gasteiger partial charge is 0.315 e. The Bertz CT molecular complexity index is 1270. The summed E-state index contributed by atoms with van der Waals surface area (Å²) in [5.41, 5.74) is -1.63. The second-order valence-corrected chi connectivity index (χ2v) is 18.3. The molecule has 270 valence electrons. The van der Waals surface area contributed by atoms with E-state index in [1.807, 2.05) is 69.2 Å². The molecule has 0 spiro atoms. The van der Waals surface area contributed by atoms with Crippen LogP contribution in [0.4, 0.5) is 4.79 Å². The van der Waals surface area contributed by atoms with Gasteiger partial charge in [-0.05, 0) is 48.3 Å². The highest BCUT2D eigenvalue weighted by molar-refractivity contribution is 7.89. The average Bonchev–Trinajstić information content (AvgIpc) is 3.52. The second-order valence-electron chi connectivity index (χ2n) is 16.2. The Morgan fingerprint density at radius 2 is 1.47 bits per heavy atom. The number of hydrogen-bond donors (Lipinski definition) is 4. The van der Waals surface area contributed by atoms with Crippen LogP contribution >= 0.6 is 0 Å². The lowest BCUT2D eigenvalue weighted by Crippen LogP contribution is -2.62. The molecule has 0 radical (unpaired) electrons. The van der Waals surface area contributed by atoms with Crippen molar-refractivity contribution >= 4 is 39.6 Å². The fourth-order valence-corrected chi connectivity index (χ4v) is 7.81. The first-order valence-corrected chi connectivity index (χ1v) is 18.5. The van der Waals surface area contributed by atoms with Crippen molar-refractivity contribution in [3.63, 3.8) is 0 Å². The van der Waals surface area contributed by atoms with Gasteiger partial charge in [0.1, 0.15) is 12.1 Å². The maximum absolute atomic E-state index is 14.4. The second kappa shape index (κ2) is 15.7. The molecule has 0 aromatic rings. The third-order valence-electron chi connectivity index (χ3n) is 9.16. The number of likely N-dealkylation sites (tertiary alicyclic amines) is 1. The van der Waals surface area contributed by atoms with Gasteiger partial charge >= 0.3 is 6.03 Å². The van der Waals surface area contributed by atoms with Crippen LogP contribution in [0.2, 0.25) is 0 Å². The zero-order chi connectivity index (χ0) is 36.1. The Kier molecular flexibility index (Phi) is 13.5. The molecule has 5 atom stereocenters. The topological polar surface area (TPSA) is 174 Å². The molecule has 47 heavy (non-hydrogen) atoms. The van der Waals surface area contributed by atoms with Gasteiger partial charge in [-0.2, -0.15) is 4.31 Å². The summed E-state index contributed by atoms with van der Waals surface area (Å²) in [6.45, 7) is 21.8. The lowest BCUT2D eigenvalue weighted by molar-refractivity contribution is -0.145. The maximum atomic E-state index is 14.4. The van der Waals surface area contributed by atoms with Gasteiger partial charge in [-0.3, -0.25) is 19.2 Å². The average molecular weight is 685 g/mol. The summed E-state index contributed by atoms with van der Waals surface area (Å²) >= 11 is 0. The van der Waals surface area contributed by atoms with Crippen LogP contribution in [0.15, 0.2) is 0 Å². The van der Waals surface area contributed by atoms with Crippen molar-refractivity contribution in [1.82, 2.24) is 30.5 Å². The van der Waals surface area contributed by atoms with Crippen molar-refractivity contribution in [1.29, 1.82) is 0 Å². The minimum atomic E-state index is -3.39. The third kappa shape index (κ3) is 10.6. The lowest BCUT2D eigenvalue weighted by atomic mass is 9.75. The van der Waals surface area contributed by atoms with Crippen molar-refractivity contribution in [2.24, 2.45) is 22.2 Å². The van der Waals surface area contributed by atoms with E-state index >= 15 is 0 Å². The van der Waals surface area contributed by atoms with Crippen LogP contribution in [0.1, 0.15) is 102 Å². The zero-order valence-corrected chi connectivity index (χ0v) is 31.2. The summed E-state index contributed by atoms with van der Waals surface area (Å²) in [5, 5.41) is 11.1. The van der Waals surface area contributed by atoms with E-state index in [2.05, 4.69) is 21.3 Å². The molecule has 2 heterocycles. The number of sulfonamides is 1. The van der Waals surface area contributed by atoms with Crippen LogP contribution < -0.4 is 21.3 Å². The van der Waals surface area contributed by atoms with Crippen LogP contribution in [-0.2, 0) is 29.2 Å². The molecule has 0 bridgehead atoms. The van der Waals surface area contributed by atoms with Crippen LogP contribution in [-0.4, -0.2) is 103 Å². The number of amides is 5. The SMILES string of the molecule is CCCC(NC(=O)[C@@H]1[C@@H](C(C)(C)C)CCN1C(=O)[C@@H](NC(=O)N[C@H](CN1CCCS1(=O)=O)C(C)(C)C)C(C)(C)C)C(=O)C(=O)NCC. The summed E-state index contributed by atoms with van der Waals surface area (Å²) in [6.07, 6.45) is 1.89. The summed E-state index contributed by atoms with van der Waals surface area (Å²) in [6, 6.07) is -4.15. The zero-order valence-electron chi connectivity index (χ0n) is 30.4. The number of nitrogens with one attached hydrogen (secondary N) is 4. The predicted octanol–water partition coefficient (Wildman–Crippen LogP) is 2.40. The molecule has 0 aliphatic carbocycles. The van der Waals surface area contributed by atoms with Crippen LogP contribution in [0.25, 0.3) is 0 Å². The van der Waals surface area contributed by atoms with Crippen LogP contribution in [0.5, 0.6) is 0 Å². The van der Waals surface area contributed by atoms with Crippen molar-refractivity contribution < 1.29 is 32.4 Å². The molecule has 14 heteroatoms. The number of ketones is 1. The van der Waals surface area contributed by atoms with Gasteiger partial charge in [-0.15, -0.1) is 0 Å². The number of nitrogens with zero attached hydrogens (tertiary/aromatic N) is 2. The molecule has 0 aromatic carbocycles. The fourth-order valence-electron chi connectivity index (χ4n) is 6.27. The first-order chi connectivity index (χ1) is 21.4. The Labute approximate surface area is 282 Å². The molecule has 4 N–H and O–H groups in total. The van der Waals surface area contributed by atoms with E-state index in [1.165, 1.54) is 9.21 Å². The molecule has 13 nitrogen and oxygen atoms in total. The normalized spacial score (nSPS) is 22.2. The first kappa shape index (κ1) is 40.4. The van der Waals surface area contributed by atoms with Gasteiger partial charge in [0.15, 0.2) is 0 Å². The van der Waals surface area contributed by atoms with E-state index in [0.29, 0.717) is 25.8 Å². The van der Waals surface area contributed by atoms with E-state index in [1.54, 1.807) is 6.92 Å². The Morgan fingerprint density at radius 1 is 0.851 bits per heavy atom. The summed E-state index contributed by atoms with van der Waals surface area (Å²) < 4.78 is 26.4. The van der Waals surface area contributed by atoms with E-state index in [9.17, 15) is 32.4 Å². The molecule has 5 amide bonds. The largest absolute Gasteiger partial charge is 0.350 e. The monoisotopic (exact) mass is 684 g/mol. The van der Waals surface area contributed by atoms with Crippen LogP contribution in [0.3, 0.4) is 0 Å². The van der Waals surface area contributed by atoms with E-state index < -0.39 is 74.6 Å². The first-order valence-electron chi connectivity index (χ1n) is 16.9. The molecule has 2 rings (SSSR count). The maximum Gasteiger partial charge on any atom is 0.315 e. The van der Waals surface area contributed by atoms with Gasteiger partial charge in [0.05, 0.1) is 11.8 Å². The summed E-state index contributed by atoms with van der Waals surface area (Å²) in [5.74, 6) is -2.62. The standard InChI is InChI=1S/C33H60N6O7S/c1-12-15-22(25(40)28(42)34-13-2)35-27(41)24-21(31(3,4)5)16-18-39(24)29(43)26(33(9,10)11)37-30(44)36-23(32(6,7)8)20-38-17-14-19-47(38,45)46/h21-24,26H,12-20H2,1-11H3,(H,34,42)(H,35,41)(H2,36,37,44)/t21-,22?,23+,24-,26+/m0/s1. The van der Waals surface area contributed by atoms with E-state index in [-0.39, 0.29) is 43.1 Å². The number of carbonyl (C=O) groups excluding carboxylic acids is 5. The number of likely N-dealkylation sites (N-methyl/N-ethyl adjacent to an activating group) is 1. The van der Waals surface area contributed by atoms with Gasteiger partial charge in [0.25, 0.3) is 5.91 Å².